The van der Waals surface area contributed by atoms with Crippen molar-refractivity contribution in [2.45, 2.75) is 12.8 Å². The van der Waals surface area contributed by atoms with Crippen LogP contribution < -0.4 is 10.6 Å². The monoisotopic (exact) mass is 255 g/mol. The molecule has 92 valence electrons. The Hall–Kier alpha value is -1.29. The summed E-state index contributed by atoms with van der Waals surface area (Å²) >= 11 is 5.94. The van der Waals surface area contributed by atoms with E-state index in [4.69, 9.17) is 11.6 Å². The van der Waals surface area contributed by atoms with E-state index >= 15 is 0 Å². The van der Waals surface area contributed by atoms with Crippen LogP contribution in [0.1, 0.15) is 12.0 Å². The molecule has 0 unspecified atom stereocenters. The average Bonchev–Trinajstić information content (AvgIpc) is 2.33. The maximum Gasteiger partial charge on any atom is 0.191 e. The molecule has 0 saturated carbocycles. The molecule has 0 amide bonds. The molecule has 1 aromatic rings. The second-order valence-electron chi connectivity index (χ2n) is 3.92. The zero-order chi connectivity index (χ0) is 12.1. The van der Waals surface area contributed by atoms with Crippen LogP contribution in [-0.2, 0) is 6.42 Å². The van der Waals surface area contributed by atoms with Crippen molar-refractivity contribution < 1.29 is 4.39 Å². The molecule has 2 rings (SSSR count). The van der Waals surface area contributed by atoms with Gasteiger partial charge in [-0.3, -0.25) is 4.99 Å². The molecule has 0 saturated heterocycles. The van der Waals surface area contributed by atoms with Crippen LogP contribution in [0, 0.1) is 5.82 Å². The Balaban J connectivity index is 1.83. The Morgan fingerprint density at radius 3 is 3.06 bits per heavy atom. The van der Waals surface area contributed by atoms with E-state index in [1.165, 1.54) is 12.1 Å². The van der Waals surface area contributed by atoms with Crippen LogP contribution in [0.5, 0.6) is 0 Å². The van der Waals surface area contributed by atoms with Crippen molar-refractivity contribution in [3.8, 4) is 0 Å². The van der Waals surface area contributed by atoms with E-state index in [2.05, 4.69) is 15.6 Å². The smallest absolute Gasteiger partial charge is 0.191 e. The minimum Gasteiger partial charge on any atom is -0.356 e. The standard InChI is InChI=1S/C12H15ClFN3/c13-11-8-10(14)3-2-9(11)4-7-17-12-15-5-1-6-16-12/h2-3,8H,1,4-7H2,(H2,15,16,17). The molecule has 0 fully saturated rings. The number of rotatable bonds is 3. The highest BCUT2D eigenvalue weighted by Crippen LogP contribution is 2.17. The van der Waals surface area contributed by atoms with Crippen LogP contribution in [0.15, 0.2) is 23.2 Å². The van der Waals surface area contributed by atoms with Gasteiger partial charge >= 0.3 is 0 Å². The zero-order valence-corrected chi connectivity index (χ0v) is 10.2. The summed E-state index contributed by atoms with van der Waals surface area (Å²) < 4.78 is 12.8. The Kier molecular flexibility index (Phi) is 4.20. The van der Waals surface area contributed by atoms with Crippen LogP contribution in [0.3, 0.4) is 0 Å². The number of nitrogens with one attached hydrogen (secondary N) is 2. The Morgan fingerprint density at radius 2 is 2.35 bits per heavy atom. The molecule has 17 heavy (non-hydrogen) atoms. The molecule has 1 aliphatic rings. The third-order valence-electron chi connectivity index (χ3n) is 2.60. The van der Waals surface area contributed by atoms with Crippen LogP contribution in [0.4, 0.5) is 4.39 Å². The fraction of sp³-hybridized carbons (Fsp3) is 0.417. The number of guanidine groups is 1. The lowest BCUT2D eigenvalue weighted by atomic mass is 10.1. The van der Waals surface area contributed by atoms with Gasteiger partial charge in [-0.15, -0.1) is 0 Å². The van der Waals surface area contributed by atoms with Crippen LogP contribution in [0.25, 0.3) is 0 Å². The first-order valence-electron chi connectivity index (χ1n) is 5.72. The number of benzene rings is 1. The van der Waals surface area contributed by atoms with Crippen molar-refractivity contribution in [2.24, 2.45) is 4.99 Å². The van der Waals surface area contributed by atoms with Crippen LogP contribution in [0.2, 0.25) is 5.02 Å². The quantitative estimate of drug-likeness (QED) is 0.866. The molecule has 0 aliphatic carbocycles. The van der Waals surface area contributed by atoms with Gasteiger partial charge in [0.05, 0.1) is 0 Å². The summed E-state index contributed by atoms with van der Waals surface area (Å²) in [6.07, 6.45) is 1.83. The molecular formula is C12H15ClFN3. The van der Waals surface area contributed by atoms with Crippen molar-refractivity contribution in [1.82, 2.24) is 10.6 Å². The molecule has 3 nitrogen and oxygen atoms in total. The first-order chi connectivity index (χ1) is 8.25. The number of aliphatic imine (C=N–C) groups is 1. The van der Waals surface area contributed by atoms with Crippen molar-refractivity contribution in [1.29, 1.82) is 0 Å². The summed E-state index contributed by atoms with van der Waals surface area (Å²) in [5.41, 5.74) is 0.942. The molecule has 0 bridgehead atoms. The maximum atomic E-state index is 12.8. The number of hydrogen-bond donors (Lipinski definition) is 2. The third-order valence-corrected chi connectivity index (χ3v) is 2.95. The average molecular weight is 256 g/mol. The molecule has 0 atom stereocenters. The maximum absolute atomic E-state index is 12.8. The Bertz CT molecular complexity index is 420. The minimum atomic E-state index is -0.301. The van der Waals surface area contributed by atoms with Gasteiger partial charge in [-0.05, 0) is 30.5 Å². The highest BCUT2D eigenvalue weighted by atomic mass is 35.5. The normalized spacial score (nSPS) is 15.1. The minimum absolute atomic E-state index is 0.301. The van der Waals surface area contributed by atoms with E-state index in [-0.39, 0.29) is 5.82 Å². The van der Waals surface area contributed by atoms with Gasteiger partial charge in [0.15, 0.2) is 5.96 Å². The van der Waals surface area contributed by atoms with Gasteiger partial charge in [0.25, 0.3) is 0 Å². The number of hydrogen-bond acceptors (Lipinski definition) is 3. The van der Waals surface area contributed by atoms with Crippen LogP contribution >= 0.6 is 11.6 Å². The van der Waals surface area contributed by atoms with Gasteiger partial charge in [-0.25, -0.2) is 4.39 Å². The van der Waals surface area contributed by atoms with E-state index in [0.29, 0.717) is 5.02 Å². The molecule has 5 heteroatoms. The van der Waals surface area contributed by atoms with Gasteiger partial charge in [0.2, 0.25) is 0 Å². The molecule has 0 spiro atoms. The molecule has 1 aliphatic heterocycles. The lowest BCUT2D eigenvalue weighted by Gasteiger charge is -2.16. The first-order valence-corrected chi connectivity index (χ1v) is 6.09. The third kappa shape index (κ3) is 3.60. The molecular weight excluding hydrogens is 241 g/mol. The SMILES string of the molecule is Fc1ccc(CCNC2=NCCCN2)c(Cl)c1. The Labute approximate surface area is 105 Å². The first kappa shape index (κ1) is 12.2. The largest absolute Gasteiger partial charge is 0.356 e. The molecule has 0 radical (unpaired) electrons. The number of nitrogens with zero attached hydrogens (tertiary/aromatic N) is 1. The highest BCUT2D eigenvalue weighted by Gasteiger charge is 2.04. The zero-order valence-electron chi connectivity index (χ0n) is 9.47. The summed E-state index contributed by atoms with van der Waals surface area (Å²) in [6, 6.07) is 4.49. The lowest BCUT2D eigenvalue weighted by Crippen LogP contribution is -2.41. The summed E-state index contributed by atoms with van der Waals surface area (Å²) in [7, 11) is 0. The Morgan fingerprint density at radius 1 is 1.47 bits per heavy atom. The molecule has 0 aromatic heterocycles. The second-order valence-corrected chi connectivity index (χ2v) is 4.33. The molecule has 1 aromatic carbocycles. The summed E-state index contributed by atoms with van der Waals surface area (Å²) in [5.74, 6) is 0.541. The van der Waals surface area contributed by atoms with Gasteiger partial charge in [-0.2, -0.15) is 0 Å². The summed E-state index contributed by atoms with van der Waals surface area (Å²) in [4.78, 5) is 4.30. The van der Waals surface area contributed by atoms with Crippen molar-refractivity contribution >= 4 is 17.6 Å². The van der Waals surface area contributed by atoms with Crippen LogP contribution in [-0.4, -0.2) is 25.6 Å². The lowest BCUT2D eigenvalue weighted by molar-refractivity contribution is 0.626. The van der Waals surface area contributed by atoms with Gasteiger partial charge in [0.1, 0.15) is 5.82 Å². The topological polar surface area (TPSA) is 36.4 Å². The van der Waals surface area contributed by atoms with Gasteiger partial charge in [0, 0.05) is 24.7 Å². The molecule has 1 heterocycles. The fourth-order valence-electron chi connectivity index (χ4n) is 1.69. The molecule has 2 N–H and O–H groups in total. The second kappa shape index (κ2) is 5.87. The van der Waals surface area contributed by atoms with E-state index in [9.17, 15) is 4.39 Å². The predicted molar refractivity (Wildman–Crippen MR) is 68.0 cm³/mol. The van der Waals surface area contributed by atoms with Crippen molar-refractivity contribution in [3.05, 3.63) is 34.6 Å². The van der Waals surface area contributed by atoms with E-state index in [0.717, 1.165) is 44.0 Å². The van der Waals surface area contributed by atoms with E-state index in [1.807, 2.05) is 0 Å². The predicted octanol–water partition coefficient (Wildman–Crippen LogP) is 1.96. The fourth-order valence-corrected chi connectivity index (χ4v) is 1.95. The van der Waals surface area contributed by atoms with E-state index < -0.39 is 0 Å². The van der Waals surface area contributed by atoms with E-state index in [1.54, 1.807) is 6.07 Å². The summed E-state index contributed by atoms with van der Waals surface area (Å²) in [5, 5.41) is 6.85. The van der Waals surface area contributed by atoms with Crippen molar-refractivity contribution in [2.75, 3.05) is 19.6 Å². The number of halogens is 2. The highest BCUT2D eigenvalue weighted by molar-refractivity contribution is 6.31. The van der Waals surface area contributed by atoms with Gasteiger partial charge in [-0.1, -0.05) is 17.7 Å². The van der Waals surface area contributed by atoms with Gasteiger partial charge < -0.3 is 10.6 Å². The van der Waals surface area contributed by atoms with Crippen molar-refractivity contribution in [3.63, 3.8) is 0 Å². The summed E-state index contributed by atoms with van der Waals surface area (Å²) in [6.45, 7) is 2.56.